The van der Waals surface area contributed by atoms with Crippen LogP contribution in [0.4, 0.5) is 0 Å². The summed E-state index contributed by atoms with van der Waals surface area (Å²) >= 11 is 0. The summed E-state index contributed by atoms with van der Waals surface area (Å²) in [6.45, 7) is 11.4. The van der Waals surface area contributed by atoms with Gasteiger partial charge in [-0.2, -0.15) is 0 Å². The van der Waals surface area contributed by atoms with Crippen molar-refractivity contribution in [3.05, 3.63) is 35.4 Å². The van der Waals surface area contributed by atoms with E-state index < -0.39 is 0 Å². The minimum Gasteiger partial charge on any atom is -0.0625 e. The fourth-order valence-electron chi connectivity index (χ4n) is 1.65. The third-order valence-corrected chi connectivity index (χ3v) is 3.34. The molecule has 84 valence electrons. The molecule has 0 nitrogen and oxygen atoms in total. The lowest BCUT2D eigenvalue weighted by Gasteiger charge is -2.15. The Bertz CT molecular complexity index is 279. The van der Waals surface area contributed by atoms with Gasteiger partial charge in [0.25, 0.3) is 0 Å². The number of rotatable bonds is 4. The third-order valence-electron chi connectivity index (χ3n) is 3.34. The van der Waals surface area contributed by atoms with Crippen molar-refractivity contribution in [3.8, 4) is 0 Å². The topological polar surface area (TPSA) is 0 Å². The first-order valence-corrected chi connectivity index (χ1v) is 6.09. The molecule has 1 aromatic rings. The molecule has 15 heavy (non-hydrogen) atoms. The minimum atomic E-state index is 0.640. The highest BCUT2D eigenvalue weighted by Crippen LogP contribution is 2.19. The average Bonchev–Trinajstić information content (AvgIpc) is 2.18. The van der Waals surface area contributed by atoms with Crippen LogP contribution in [0.1, 0.15) is 51.7 Å². The van der Waals surface area contributed by atoms with Gasteiger partial charge >= 0.3 is 0 Å². The van der Waals surface area contributed by atoms with Crippen molar-refractivity contribution < 1.29 is 0 Å². The smallest absolute Gasteiger partial charge is 0.0219 e. The molecule has 0 bridgehead atoms. The molecule has 0 saturated carbocycles. The van der Waals surface area contributed by atoms with Gasteiger partial charge in [-0.1, -0.05) is 58.9 Å². The Morgan fingerprint density at radius 3 is 1.80 bits per heavy atom. The molecule has 0 heterocycles. The summed E-state index contributed by atoms with van der Waals surface area (Å²) in [5, 5.41) is 0. The van der Waals surface area contributed by atoms with E-state index in [9.17, 15) is 0 Å². The van der Waals surface area contributed by atoms with Gasteiger partial charge in [-0.05, 0) is 35.3 Å². The molecule has 0 aliphatic heterocycles. The van der Waals surface area contributed by atoms with E-state index in [4.69, 9.17) is 0 Å². The van der Waals surface area contributed by atoms with Crippen molar-refractivity contribution in [2.24, 2.45) is 11.8 Å². The van der Waals surface area contributed by atoms with Gasteiger partial charge in [0.2, 0.25) is 0 Å². The fraction of sp³-hybridized carbons (Fsp3) is 0.600. The second-order valence-corrected chi connectivity index (χ2v) is 5.32. The SMILES string of the molecule is CC(C)c1ccc(C[C@H](C)C(C)C)cc1. The quantitative estimate of drug-likeness (QED) is 0.670. The lowest BCUT2D eigenvalue weighted by molar-refractivity contribution is 0.417. The fourth-order valence-corrected chi connectivity index (χ4v) is 1.65. The van der Waals surface area contributed by atoms with Gasteiger partial charge in [-0.25, -0.2) is 0 Å². The van der Waals surface area contributed by atoms with Gasteiger partial charge in [0.1, 0.15) is 0 Å². The van der Waals surface area contributed by atoms with E-state index >= 15 is 0 Å². The molecule has 0 N–H and O–H groups in total. The zero-order chi connectivity index (χ0) is 11.4. The van der Waals surface area contributed by atoms with E-state index in [2.05, 4.69) is 58.9 Å². The van der Waals surface area contributed by atoms with Crippen LogP contribution in [0.25, 0.3) is 0 Å². The summed E-state index contributed by atoms with van der Waals surface area (Å²) in [6, 6.07) is 9.11. The second-order valence-electron chi connectivity index (χ2n) is 5.32. The molecule has 0 aromatic heterocycles. The van der Waals surface area contributed by atoms with E-state index in [0.29, 0.717) is 5.92 Å². The maximum atomic E-state index is 2.33. The van der Waals surface area contributed by atoms with Crippen molar-refractivity contribution in [3.63, 3.8) is 0 Å². The van der Waals surface area contributed by atoms with Gasteiger partial charge in [0, 0.05) is 0 Å². The Labute approximate surface area is 94.7 Å². The maximum Gasteiger partial charge on any atom is -0.0219 e. The molecule has 0 radical (unpaired) electrons. The molecular formula is C15H24. The highest BCUT2D eigenvalue weighted by atomic mass is 14.1. The monoisotopic (exact) mass is 204 g/mol. The lowest BCUT2D eigenvalue weighted by Crippen LogP contribution is -2.07. The Kier molecular flexibility index (Phi) is 4.38. The first-order valence-electron chi connectivity index (χ1n) is 6.09. The highest BCUT2D eigenvalue weighted by Gasteiger charge is 2.08. The van der Waals surface area contributed by atoms with Crippen molar-refractivity contribution in [1.82, 2.24) is 0 Å². The van der Waals surface area contributed by atoms with Crippen LogP contribution in [0.3, 0.4) is 0 Å². The zero-order valence-electron chi connectivity index (χ0n) is 10.7. The van der Waals surface area contributed by atoms with E-state index in [1.54, 1.807) is 0 Å². The maximum absolute atomic E-state index is 2.33. The number of benzene rings is 1. The summed E-state index contributed by atoms with van der Waals surface area (Å²) in [6.07, 6.45) is 1.20. The summed E-state index contributed by atoms with van der Waals surface area (Å²) in [7, 11) is 0. The Morgan fingerprint density at radius 1 is 0.867 bits per heavy atom. The lowest BCUT2D eigenvalue weighted by atomic mass is 9.90. The van der Waals surface area contributed by atoms with E-state index in [0.717, 1.165) is 11.8 Å². The number of hydrogen-bond acceptors (Lipinski definition) is 0. The first-order chi connectivity index (χ1) is 7.00. The third kappa shape index (κ3) is 3.70. The van der Waals surface area contributed by atoms with E-state index in [-0.39, 0.29) is 0 Å². The Hall–Kier alpha value is -0.780. The molecule has 0 aliphatic carbocycles. The molecule has 1 rings (SSSR count). The standard InChI is InChI=1S/C15H24/c1-11(2)13(5)10-14-6-8-15(9-7-14)12(3)4/h6-9,11-13H,10H2,1-5H3/t13-/m0/s1. The van der Waals surface area contributed by atoms with Crippen molar-refractivity contribution >= 4 is 0 Å². The van der Waals surface area contributed by atoms with Crippen LogP contribution in [0, 0.1) is 11.8 Å². The molecule has 0 amide bonds. The van der Waals surface area contributed by atoms with Gasteiger partial charge in [-0.15, -0.1) is 0 Å². The van der Waals surface area contributed by atoms with Gasteiger partial charge in [0.15, 0.2) is 0 Å². The molecule has 0 heteroatoms. The van der Waals surface area contributed by atoms with Crippen LogP contribution in [-0.4, -0.2) is 0 Å². The largest absolute Gasteiger partial charge is 0.0625 e. The predicted molar refractivity (Wildman–Crippen MR) is 68.2 cm³/mol. The predicted octanol–water partition coefficient (Wildman–Crippen LogP) is 4.64. The van der Waals surface area contributed by atoms with E-state index in [1.165, 1.54) is 17.5 Å². The summed E-state index contributed by atoms with van der Waals surface area (Å²) in [4.78, 5) is 0. The molecule has 0 fully saturated rings. The van der Waals surface area contributed by atoms with Crippen molar-refractivity contribution in [1.29, 1.82) is 0 Å². The molecule has 1 aromatic carbocycles. The average molecular weight is 204 g/mol. The Morgan fingerprint density at radius 2 is 1.40 bits per heavy atom. The minimum absolute atomic E-state index is 0.640. The van der Waals surface area contributed by atoms with E-state index in [1.807, 2.05) is 0 Å². The molecular weight excluding hydrogens is 180 g/mol. The molecule has 0 unspecified atom stereocenters. The van der Waals surface area contributed by atoms with Crippen molar-refractivity contribution in [2.45, 2.75) is 47.0 Å². The van der Waals surface area contributed by atoms with Gasteiger partial charge in [0.05, 0.1) is 0 Å². The molecule has 0 aliphatic rings. The first kappa shape index (κ1) is 12.3. The van der Waals surface area contributed by atoms with Crippen LogP contribution in [0.5, 0.6) is 0 Å². The summed E-state index contributed by atoms with van der Waals surface area (Å²) in [5.74, 6) is 2.19. The van der Waals surface area contributed by atoms with Crippen LogP contribution in [-0.2, 0) is 6.42 Å². The molecule has 1 atom stereocenters. The highest BCUT2D eigenvalue weighted by molar-refractivity contribution is 5.24. The normalized spacial score (nSPS) is 13.5. The second kappa shape index (κ2) is 5.34. The van der Waals surface area contributed by atoms with Gasteiger partial charge in [-0.3, -0.25) is 0 Å². The van der Waals surface area contributed by atoms with Gasteiger partial charge < -0.3 is 0 Å². The van der Waals surface area contributed by atoms with Crippen LogP contribution < -0.4 is 0 Å². The van der Waals surface area contributed by atoms with Crippen LogP contribution >= 0.6 is 0 Å². The summed E-state index contributed by atoms with van der Waals surface area (Å²) in [5.41, 5.74) is 2.91. The molecule has 0 saturated heterocycles. The summed E-state index contributed by atoms with van der Waals surface area (Å²) < 4.78 is 0. The molecule has 0 spiro atoms. The zero-order valence-corrected chi connectivity index (χ0v) is 10.7. The van der Waals surface area contributed by atoms with Crippen LogP contribution in [0.15, 0.2) is 24.3 Å². The Balaban J connectivity index is 2.64. The number of hydrogen-bond donors (Lipinski definition) is 0. The van der Waals surface area contributed by atoms with Crippen LogP contribution in [0.2, 0.25) is 0 Å². The van der Waals surface area contributed by atoms with Crippen molar-refractivity contribution in [2.75, 3.05) is 0 Å².